The molecule has 22 heavy (non-hydrogen) atoms. The van der Waals surface area contributed by atoms with E-state index in [9.17, 15) is 14.9 Å². The fraction of sp³-hybridized carbons (Fsp3) is 0.143. The van der Waals surface area contributed by atoms with Gasteiger partial charge < -0.3 is 10.2 Å². The van der Waals surface area contributed by atoms with E-state index in [1.54, 1.807) is 18.2 Å². The van der Waals surface area contributed by atoms with Gasteiger partial charge in [-0.3, -0.25) is 10.1 Å². The molecule has 1 aromatic carbocycles. The van der Waals surface area contributed by atoms with Gasteiger partial charge in [0.05, 0.1) is 16.7 Å². The third-order valence-electron chi connectivity index (χ3n) is 3.07. The number of hydrogen-bond acceptors (Lipinski definition) is 5. The zero-order valence-corrected chi connectivity index (χ0v) is 12.0. The van der Waals surface area contributed by atoms with Gasteiger partial charge in [-0.2, -0.15) is 5.10 Å². The average Bonchev–Trinajstić information content (AvgIpc) is 2.89. The number of hydrazone groups is 1. The summed E-state index contributed by atoms with van der Waals surface area (Å²) in [5.41, 5.74) is 9.00. The molecule has 0 unspecified atom stereocenters. The Balaban J connectivity index is 2.38. The van der Waals surface area contributed by atoms with Crippen LogP contribution in [0.25, 0.3) is 11.3 Å². The molecule has 114 valence electrons. The number of nitro benzene ring substituents is 1. The van der Waals surface area contributed by atoms with Gasteiger partial charge >= 0.3 is 6.03 Å². The monoisotopic (exact) mass is 302 g/mol. The van der Waals surface area contributed by atoms with Crippen molar-refractivity contribution in [2.75, 3.05) is 0 Å². The van der Waals surface area contributed by atoms with Crippen LogP contribution in [0.1, 0.15) is 16.9 Å². The van der Waals surface area contributed by atoms with Gasteiger partial charge in [0, 0.05) is 6.07 Å². The molecule has 0 saturated carbocycles. The number of benzene rings is 1. The molecule has 0 aliphatic rings. The van der Waals surface area contributed by atoms with E-state index >= 15 is 0 Å². The fourth-order valence-electron chi connectivity index (χ4n) is 1.88. The van der Waals surface area contributed by atoms with Crippen molar-refractivity contribution in [1.29, 1.82) is 0 Å². The molecule has 2 amide bonds. The third kappa shape index (κ3) is 3.29. The molecule has 0 bridgehead atoms. The van der Waals surface area contributed by atoms with E-state index in [1.165, 1.54) is 12.3 Å². The lowest BCUT2D eigenvalue weighted by atomic mass is 10.0. The number of carbonyl (C=O) groups is 1. The van der Waals surface area contributed by atoms with Gasteiger partial charge in [-0.25, -0.2) is 10.2 Å². The molecule has 3 N–H and O–H groups in total. The van der Waals surface area contributed by atoms with Crippen LogP contribution in [-0.2, 0) is 0 Å². The lowest BCUT2D eigenvalue weighted by Gasteiger charge is -2.04. The summed E-state index contributed by atoms with van der Waals surface area (Å²) in [6.07, 6.45) is 1.25. The molecule has 1 heterocycles. The molecule has 0 aliphatic heterocycles. The molecule has 8 heteroatoms. The van der Waals surface area contributed by atoms with Gasteiger partial charge in [0.2, 0.25) is 0 Å². The van der Waals surface area contributed by atoms with Crippen molar-refractivity contribution in [3.8, 4) is 11.3 Å². The number of amides is 2. The van der Waals surface area contributed by atoms with E-state index in [2.05, 4.69) is 5.10 Å². The number of nitrogens with zero attached hydrogens (tertiary/aromatic N) is 2. The molecule has 0 aliphatic carbocycles. The molecule has 8 nitrogen and oxygen atoms in total. The summed E-state index contributed by atoms with van der Waals surface area (Å²) in [6, 6.07) is 5.60. The van der Waals surface area contributed by atoms with Crippen LogP contribution in [0.15, 0.2) is 33.8 Å². The minimum atomic E-state index is -0.798. The van der Waals surface area contributed by atoms with Gasteiger partial charge in [-0.15, -0.1) is 0 Å². The number of furan rings is 1. The second kappa shape index (κ2) is 6.08. The number of hydrogen-bond donors (Lipinski definition) is 2. The number of nitro groups is 1. The first-order valence-electron chi connectivity index (χ1n) is 6.33. The number of carbonyl (C=O) groups excluding carboxylic acids is 1. The molecule has 0 fully saturated rings. The highest BCUT2D eigenvalue weighted by atomic mass is 16.6. The SMILES string of the molecule is Cc1cc(-c2ccc(C=NNC(N)=O)o2)c([N+](=O)[O-])cc1C. The standard InChI is InChI=1S/C14H14N4O4/c1-8-5-11(12(18(20)21)6-9(8)2)13-4-3-10(22-13)7-16-17-14(15)19/h3-7H,1-2H3,(H3,15,17,19). The summed E-state index contributed by atoms with van der Waals surface area (Å²) < 4.78 is 5.49. The summed E-state index contributed by atoms with van der Waals surface area (Å²) in [5.74, 6) is 0.673. The van der Waals surface area contributed by atoms with Gasteiger partial charge in [0.15, 0.2) is 0 Å². The Labute approximate surface area is 125 Å². The molecule has 0 atom stereocenters. The first-order chi connectivity index (χ1) is 10.4. The highest BCUT2D eigenvalue weighted by molar-refractivity contribution is 5.80. The maximum absolute atomic E-state index is 11.2. The summed E-state index contributed by atoms with van der Waals surface area (Å²) in [7, 11) is 0. The van der Waals surface area contributed by atoms with Crippen molar-refractivity contribution < 1.29 is 14.1 Å². The van der Waals surface area contributed by atoms with Crippen LogP contribution in [0.5, 0.6) is 0 Å². The van der Waals surface area contributed by atoms with E-state index in [0.29, 0.717) is 17.1 Å². The largest absolute Gasteiger partial charge is 0.455 e. The number of rotatable bonds is 4. The summed E-state index contributed by atoms with van der Waals surface area (Å²) in [4.78, 5) is 21.2. The van der Waals surface area contributed by atoms with E-state index in [4.69, 9.17) is 10.2 Å². The highest BCUT2D eigenvalue weighted by Crippen LogP contribution is 2.33. The van der Waals surface area contributed by atoms with Crippen LogP contribution >= 0.6 is 0 Å². The summed E-state index contributed by atoms with van der Waals surface area (Å²) in [6.45, 7) is 3.67. The number of primary amides is 1. The number of aryl methyl sites for hydroxylation is 2. The van der Waals surface area contributed by atoms with Gasteiger partial charge in [0.1, 0.15) is 11.5 Å². The molecule has 0 saturated heterocycles. The van der Waals surface area contributed by atoms with E-state index in [0.717, 1.165) is 11.1 Å². The topological polar surface area (TPSA) is 124 Å². The van der Waals surface area contributed by atoms with Gasteiger partial charge in [0.25, 0.3) is 5.69 Å². The van der Waals surface area contributed by atoms with Crippen molar-refractivity contribution >= 4 is 17.9 Å². The molecule has 0 radical (unpaired) electrons. The van der Waals surface area contributed by atoms with Gasteiger partial charge in [-0.1, -0.05) is 0 Å². The molecular weight excluding hydrogens is 288 g/mol. The minimum absolute atomic E-state index is 0.0313. The summed E-state index contributed by atoms with van der Waals surface area (Å²) >= 11 is 0. The Bertz CT molecular complexity index is 764. The van der Waals surface area contributed by atoms with Crippen LogP contribution in [0.3, 0.4) is 0 Å². The predicted molar refractivity (Wildman–Crippen MR) is 80.6 cm³/mol. The maximum atomic E-state index is 11.2. The number of nitrogens with one attached hydrogen (secondary N) is 1. The quantitative estimate of drug-likeness (QED) is 0.511. The van der Waals surface area contributed by atoms with Gasteiger partial charge in [-0.05, 0) is 43.2 Å². The molecular formula is C14H14N4O4. The lowest BCUT2D eigenvalue weighted by Crippen LogP contribution is -2.24. The number of nitrogens with two attached hydrogens (primary N) is 1. The molecule has 0 spiro atoms. The van der Waals surface area contributed by atoms with Crippen LogP contribution < -0.4 is 11.2 Å². The minimum Gasteiger partial charge on any atom is -0.455 e. The smallest absolute Gasteiger partial charge is 0.332 e. The lowest BCUT2D eigenvalue weighted by molar-refractivity contribution is -0.384. The third-order valence-corrected chi connectivity index (χ3v) is 3.07. The Morgan fingerprint density at radius 1 is 1.36 bits per heavy atom. The van der Waals surface area contributed by atoms with Crippen LogP contribution in [0.4, 0.5) is 10.5 Å². The van der Waals surface area contributed by atoms with Crippen molar-refractivity contribution in [1.82, 2.24) is 5.43 Å². The Kier molecular flexibility index (Phi) is 4.21. The molecule has 1 aromatic heterocycles. The Hall–Kier alpha value is -3.16. The second-order valence-electron chi connectivity index (χ2n) is 4.65. The van der Waals surface area contributed by atoms with Crippen molar-refractivity contribution in [3.05, 3.63) is 51.3 Å². The first-order valence-corrected chi connectivity index (χ1v) is 6.33. The fourth-order valence-corrected chi connectivity index (χ4v) is 1.88. The van der Waals surface area contributed by atoms with Crippen molar-refractivity contribution in [3.63, 3.8) is 0 Å². The van der Waals surface area contributed by atoms with E-state index in [-0.39, 0.29) is 5.69 Å². The van der Waals surface area contributed by atoms with Crippen LogP contribution in [0, 0.1) is 24.0 Å². The maximum Gasteiger partial charge on any atom is 0.332 e. The average molecular weight is 302 g/mol. The highest BCUT2D eigenvalue weighted by Gasteiger charge is 2.19. The van der Waals surface area contributed by atoms with E-state index < -0.39 is 11.0 Å². The van der Waals surface area contributed by atoms with E-state index in [1.807, 2.05) is 19.3 Å². The van der Waals surface area contributed by atoms with Crippen LogP contribution in [0.2, 0.25) is 0 Å². The summed E-state index contributed by atoms with van der Waals surface area (Å²) in [5, 5.41) is 14.7. The Morgan fingerprint density at radius 2 is 2.05 bits per heavy atom. The van der Waals surface area contributed by atoms with Crippen molar-refractivity contribution in [2.45, 2.75) is 13.8 Å². The zero-order chi connectivity index (χ0) is 16.3. The van der Waals surface area contributed by atoms with Crippen LogP contribution in [-0.4, -0.2) is 17.2 Å². The predicted octanol–water partition coefficient (Wildman–Crippen LogP) is 2.47. The van der Waals surface area contributed by atoms with Crippen molar-refractivity contribution in [2.24, 2.45) is 10.8 Å². The molecule has 2 rings (SSSR count). The normalized spacial score (nSPS) is 10.8. The first kappa shape index (κ1) is 15.2. The molecule has 2 aromatic rings. The second-order valence-corrected chi connectivity index (χ2v) is 4.65. The number of urea groups is 1. The Morgan fingerprint density at radius 3 is 2.68 bits per heavy atom. The zero-order valence-electron chi connectivity index (χ0n) is 12.0.